The van der Waals surface area contributed by atoms with E-state index in [9.17, 15) is 14.7 Å². The lowest BCUT2D eigenvalue weighted by atomic mass is 10.0. The molecule has 2 rings (SSSR count). The molecule has 32 heavy (non-hydrogen) atoms. The third-order valence-electron chi connectivity index (χ3n) is 4.59. The van der Waals surface area contributed by atoms with Crippen LogP contribution in [0.3, 0.4) is 0 Å². The van der Waals surface area contributed by atoms with Gasteiger partial charge < -0.3 is 19.9 Å². The maximum Gasteiger partial charge on any atom is 0.326 e. The molecule has 1 unspecified atom stereocenters. The molecule has 0 saturated carbocycles. The summed E-state index contributed by atoms with van der Waals surface area (Å²) in [6.07, 6.45) is 4.62. The van der Waals surface area contributed by atoms with Crippen LogP contribution < -0.4 is 14.8 Å². The van der Waals surface area contributed by atoms with Crippen molar-refractivity contribution in [2.24, 2.45) is 0 Å². The molecule has 1 amide bonds. The van der Waals surface area contributed by atoms with Crippen molar-refractivity contribution in [2.45, 2.75) is 38.6 Å². The average molecular weight is 525 g/mol. The first kappa shape index (κ1) is 25.7. The molecule has 6 nitrogen and oxygen atoms in total. The second-order valence-electron chi connectivity index (χ2n) is 7.13. The second-order valence-corrected chi connectivity index (χ2v) is 8.45. The van der Waals surface area contributed by atoms with Crippen LogP contribution in [0, 0.1) is 0 Å². The fourth-order valence-corrected chi connectivity index (χ4v) is 3.57. The summed E-state index contributed by atoms with van der Waals surface area (Å²) in [5, 5.41) is 12.6. The van der Waals surface area contributed by atoms with Crippen molar-refractivity contribution in [3.8, 4) is 11.5 Å². The van der Waals surface area contributed by atoms with Gasteiger partial charge in [-0.05, 0) is 42.3 Å². The maximum absolute atomic E-state index is 12.9. The summed E-state index contributed by atoms with van der Waals surface area (Å²) in [4.78, 5) is 24.8. The third-order valence-corrected chi connectivity index (χ3v) is 5.38. The average Bonchev–Trinajstić information content (AvgIpc) is 2.76. The highest BCUT2D eigenvalue weighted by atomic mass is 79.9. The molecule has 0 saturated heterocycles. The number of amides is 1. The van der Waals surface area contributed by atoms with Gasteiger partial charge in [0.25, 0.3) is 5.91 Å². The van der Waals surface area contributed by atoms with Crippen LogP contribution in [-0.4, -0.2) is 36.2 Å². The highest BCUT2D eigenvalue weighted by Gasteiger charge is 2.23. The minimum atomic E-state index is -1.15. The van der Waals surface area contributed by atoms with Gasteiger partial charge in [0.1, 0.15) is 24.1 Å². The van der Waals surface area contributed by atoms with Crippen LogP contribution >= 0.6 is 27.5 Å². The first-order valence-electron chi connectivity index (χ1n) is 10.3. The standard InChI is InChI=1S/C24H27BrClNO5/c1-3-5-6-12-32-21-10-8-17(25)15-18(21)23(28)27-20(24(29)30)14-16-7-9-22(19(26)13-16)31-11-4-2/h4,7-10,13,15,20H,2-3,5-6,11-12,14H2,1H3,(H,27,28)(H,29,30). The zero-order valence-corrected chi connectivity index (χ0v) is 20.2. The fourth-order valence-electron chi connectivity index (χ4n) is 2.95. The Balaban J connectivity index is 2.13. The Morgan fingerprint density at radius 2 is 1.94 bits per heavy atom. The van der Waals surface area contributed by atoms with E-state index in [2.05, 4.69) is 34.7 Å². The van der Waals surface area contributed by atoms with Gasteiger partial charge in [-0.1, -0.05) is 66.0 Å². The molecule has 2 N–H and O–H groups in total. The first-order valence-corrected chi connectivity index (χ1v) is 11.5. The minimum Gasteiger partial charge on any atom is -0.493 e. The third kappa shape index (κ3) is 7.88. The van der Waals surface area contributed by atoms with Gasteiger partial charge in [-0.15, -0.1) is 0 Å². The summed E-state index contributed by atoms with van der Waals surface area (Å²) in [7, 11) is 0. The molecule has 0 heterocycles. The Labute approximate surface area is 201 Å². The zero-order chi connectivity index (χ0) is 23.5. The van der Waals surface area contributed by atoms with Crippen molar-refractivity contribution >= 4 is 39.4 Å². The number of benzene rings is 2. The largest absolute Gasteiger partial charge is 0.493 e. The summed E-state index contributed by atoms with van der Waals surface area (Å²) in [5.41, 5.74) is 0.923. The molecule has 0 aliphatic rings. The predicted octanol–water partition coefficient (Wildman–Crippen LogP) is 5.66. The van der Waals surface area contributed by atoms with Crippen molar-refractivity contribution in [2.75, 3.05) is 13.2 Å². The fraction of sp³-hybridized carbons (Fsp3) is 0.333. The SMILES string of the molecule is C=CCOc1ccc(CC(NC(=O)c2cc(Br)ccc2OCCCCC)C(=O)O)cc1Cl. The van der Waals surface area contributed by atoms with Crippen molar-refractivity contribution in [3.63, 3.8) is 0 Å². The number of hydrogen-bond donors (Lipinski definition) is 2. The Bertz CT molecular complexity index is 950. The molecule has 0 spiro atoms. The van der Waals surface area contributed by atoms with Gasteiger partial charge in [-0.2, -0.15) is 0 Å². The number of rotatable bonds is 13. The molecule has 0 radical (unpaired) electrons. The zero-order valence-electron chi connectivity index (χ0n) is 17.9. The van der Waals surface area contributed by atoms with Crippen LogP contribution in [-0.2, 0) is 11.2 Å². The molecule has 2 aromatic rings. The molecular weight excluding hydrogens is 498 g/mol. The van der Waals surface area contributed by atoms with Gasteiger partial charge in [0.2, 0.25) is 0 Å². The number of carbonyl (C=O) groups excluding carboxylic acids is 1. The summed E-state index contributed by atoms with van der Waals surface area (Å²) in [6, 6.07) is 8.95. The topological polar surface area (TPSA) is 84.9 Å². The quantitative estimate of drug-likeness (QED) is 0.261. The number of halogens is 2. The van der Waals surface area contributed by atoms with E-state index in [1.807, 2.05) is 0 Å². The molecule has 172 valence electrons. The summed E-state index contributed by atoms with van der Waals surface area (Å²) in [6.45, 7) is 6.47. The van der Waals surface area contributed by atoms with Gasteiger partial charge in [0.05, 0.1) is 17.2 Å². The minimum absolute atomic E-state index is 0.0588. The van der Waals surface area contributed by atoms with Gasteiger partial charge in [-0.3, -0.25) is 4.79 Å². The number of hydrogen-bond acceptors (Lipinski definition) is 4. The molecule has 8 heteroatoms. The number of nitrogens with one attached hydrogen (secondary N) is 1. The molecule has 0 bridgehead atoms. The van der Waals surface area contributed by atoms with E-state index in [1.54, 1.807) is 42.5 Å². The highest BCUT2D eigenvalue weighted by molar-refractivity contribution is 9.10. The summed E-state index contributed by atoms with van der Waals surface area (Å²) in [5.74, 6) is -0.786. The van der Waals surface area contributed by atoms with Gasteiger partial charge in [0.15, 0.2) is 0 Å². The normalized spacial score (nSPS) is 11.5. The van der Waals surface area contributed by atoms with E-state index in [4.69, 9.17) is 21.1 Å². The predicted molar refractivity (Wildman–Crippen MR) is 129 cm³/mol. The Kier molecular flexibility index (Phi) is 10.6. The maximum atomic E-state index is 12.9. The van der Waals surface area contributed by atoms with Crippen LogP contribution in [0.25, 0.3) is 0 Å². The second kappa shape index (κ2) is 13.1. The van der Waals surface area contributed by atoms with Crippen LogP contribution in [0.5, 0.6) is 11.5 Å². The number of ether oxygens (including phenoxy) is 2. The van der Waals surface area contributed by atoms with Crippen LogP contribution in [0.1, 0.15) is 42.1 Å². The van der Waals surface area contributed by atoms with E-state index >= 15 is 0 Å². The van der Waals surface area contributed by atoms with E-state index in [0.717, 1.165) is 19.3 Å². The van der Waals surface area contributed by atoms with Crippen molar-refractivity contribution in [1.29, 1.82) is 0 Å². The molecule has 1 atom stereocenters. The molecular formula is C24H27BrClNO5. The number of carbonyl (C=O) groups is 2. The lowest BCUT2D eigenvalue weighted by molar-refractivity contribution is -0.139. The summed E-state index contributed by atoms with van der Waals surface area (Å²) >= 11 is 9.58. The van der Waals surface area contributed by atoms with Gasteiger partial charge >= 0.3 is 5.97 Å². The first-order chi connectivity index (χ1) is 15.3. The number of aliphatic carboxylic acids is 1. The van der Waals surface area contributed by atoms with E-state index in [-0.39, 0.29) is 12.0 Å². The molecule has 0 fully saturated rings. The van der Waals surface area contributed by atoms with Crippen LogP contribution in [0.4, 0.5) is 0 Å². The monoisotopic (exact) mass is 523 g/mol. The van der Waals surface area contributed by atoms with E-state index in [1.165, 1.54) is 0 Å². The Morgan fingerprint density at radius 3 is 2.59 bits per heavy atom. The Hall–Kier alpha value is -2.51. The van der Waals surface area contributed by atoms with Crippen LogP contribution in [0.2, 0.25) is 5.02 Å². The van der Waals surface area contributed by atoms with E-state index in [0.29, 0.717) is 39.8 Å². The molecule has 2 aromatic carbocycles. The van der Waals surface area contributed by atoms with Crippen molar-refractivity contribution < 1.29 is 24.2 Å². The smallest absolute Gasteiger partial charge is 0.326 e. The molecule has 0 aliphatic carbocycles. The van der Waals surface area contributed by atoms with Crippen molar-refractivity contribution in [1.82, 2.24) is 5.32 Å². The van der Waals surface area contributed by atoms with Gasteiger partial charge in [-0.25, -0.2) is 4.79 Å². The number of carboxylic acid groups (broad SMARTS) is 1. The van der Waals surface area contributed by atoms with Gasteiger partial charge in [0, 0.05) is 10.9 Å². The lowest BCUT2D eigenvalue weighted by Crippen LogP contribution is -2.42. The highest BCUT2D eigenvalue weighted by Crippen LogP contribution is 2.27. The van der Waals surface area contributed by atoms with E-state index < -0.39 is 17.9 Å². The number of carboxylic acids is 1. The van der Waals surface area contributed by atoms with Crippen molar-refractivity contribution in [3.05, 3.63) is 69.7 Å². The molecule has 0 aliphatic heterocycles. The molecule has 0 aromatic heterocycles. The Morgan fingerprint density at radius 1 is 1.19 bits per heavy atom. The number of unbranched alkanes of at least 4 members (excludes halogenated alkanes) is 2. The summed E-state index contributed by atoms with van der Waals surface area (Å²) < 4.78 is 11.9. The lowest BCUT2D eigenvalue weighted by Gasteiger charge is -2.17. The van der Waals surface area contributed by atoms with Crippen LogP contribution in [0.15, 0.2) is 53.5 Å².